The Morgan fingerprint density at radius 2 is 2.00 bits per heavy atom. The summed E-state index contributed by atoms with van der Waals surface area (Å²) in [6, 6.07) is 5.40. The smallest absolute Gasteiger partial charge is 0.322 e. The minimum atomic E-state index is -1.10. The molecule has 3 rings (SSSR count). The summed E-state index contributed by atoms with van der Waals surface area (Å²) in [7, 11) is 0. The van der Waals surface area contributed by atoms with Gasteiger partial charge in [0.25, 0.3) is 0 Å². The number of aromatic nitrogens is 1. The summed E-state index contributed by atoms with van der Waals surface area (Å²) in [5.74, 6) is -0.723. The van der Waals surface area contributed by atoms with Gasteiger partial charge in [-0.2, -0.15) is 0 Å². The maximum atomic E-state index is 11.8. The van der Waals surface area contributed by atoms with Crippen LogP contribution in [0.25, 0.3) is 10.6 Å². The Hall–Kier alpha value is -2.69. The van der Waals surface area contributed by atoms with E-state index in [0.29, 0.717) is 28.1 Å². The first kappa shape index (κ1) is 24.0. The van der Waals surface area contributed by atoms with Gasteiger partial charge >= 0.3 is 5.97 Å². The van der Waals surface area contributed by atoms with Crippen molar-refractivity contribution in [2.24, 2.45) is 0 Å². The van der Waals surface area contributed by atoms with E-state index in [-0.39, 0.29) is 12.3 Å². The van der Waals surface area contributed by atoms with Gasteiger partial charge in [-0.1, -0.05) is 11.6 Å². The lowest BCUT2D eigenvalue weighted by Crippen LogP contribution is -2.48. The van der Waals surface area contributed by atoms with Gasteiger partial charge in [0, 0.05) is 50.6 Å². The number of nitrogens with one attached hydrogen (secondary N) is 1. The molecule has 9 nitrogen and oxygen atoms in total. The number of carbonyl (C=O) groups excluding carboxylic acids is 2. The molecule has 2 heterocycles. The lowest BCUT2D eigenvalue weighted by Gasteiger charge is -2.34. The van der Waals surface area contributed by atoms with Gasteiger partial charge in [0.05, 0.1) is 17.1 Å². The fourth-order valence-corrected chi connectivity index (χ4v) is 4.43. The number of amides is 2. The predicted molar refractivity (Wildman–Crippen MR) is 121 cm³/mol. The van der Waals surface area contributed by atoms with Crippen LogP contribution in [0.3, 0.4) is 0 Å². The number of nitrogens with zero attached hydrogens (tertiary/aromatic N) is 3. The molecule has 0 aliphatic carbocycles. The third-order valence-corrected chi connectivity index (χ3v) is 6.23. The van der Waals surface area contributed by atoms with Crippen LogP contribution in [0.15, 0.2) is 23.6 Å². The second-order valence-electron chi connectivity index (χ2n) is 7.33. The molecular formula is C21H25ClN4O5S. The van der Waals surface area contributed by atoms with Gasteiger partial charge in [0.2, 0.25) is 11.8 Å². The van der Waals surface area contributed by atoms with Gasteiger partial charge in [0.15, 0.2) is 0 Å². The molecule has 1 aliphatic rings. The van der Waals surface area contributed by atoms with Crippen molar-refractivity contribution in [2.45, 2.75) is 13.3 Å². The topological polar surface area (TPSA) is 112 Å². The number of thiazole rings is 1. The summed E-state index contributed by atoms with van der Waals surface area (Å²) in [6.45, 7) is 5.62. The number of hydrogen-bond donors (Lipinski definition) is 2. The van der Waals surface area contributed by atoms with E-state index in [1.165, 1.54) is 11.3 Å². The SMILES string of the molecule is CC(=O)N1CCN(CCOc2ccc(-c3nc(CC(=O)NCC(=O)O)cs3)c(Cl)c2)CC1. The average molecular weight is 481 g/mol. The maximum absolute atomic E-state index is 11.8. The van der Waals surface area contributed by atoms with Gasteiger partial charge < -0.3 is 20.1 Å². The van der Waals surface area contributed by atoms with Crippen LogP contribution in [0.4, 0.5) is 0 Å². The second-order valence-corrected chi connectivity index (χ2v) is 8.59. The first-order chi connectivity index (χ1) is 15.3. The molecule has 2 aromatic rings. The van der Waals surface area contributed by atoms with Crippen molar-refractivity contribution in [3.63, 3.8) is 0 Å². The zero-order chi connectivity index (χ0) is 23.1. The van der Waals surface area contributed by atoms with Gasteiger partial charge in [-0.15, -0.1) is 11.3 Å². The number of aliphatic carboxylic acids is 1. The Morgan fingerprint density at radius 1 is 1.25 bits per heavy atom. The molecule has 0 spiro atoms. The van der Waals surface area contributed by atoms with E-state index in [4.69, 9.17) is 21.4 Å². The number of ether oxygens (including phenoxy) is 1. The highest BCUT2D eigenvalue weighted by Gasteiger charge is 2.18. The Labute approximate surface area is 194 Å². The van der Waals surface area contributed by atoms with Crippen LogP contribution < -0.4 is 10.1 Å². The van der Waals surface area contributed by atoms with Crippen molar-refractivity contribution in [1.82, 2.24) is 20.1 Å². The largest absolute Gasteiger partial charge is 0.492 e. The molecule has 11 heteroatoms. The number of piperazine rings is 1. The van der Waals surface area contributed by atoms with Crippen LogP contribution in [-0.2, 0) is 20.8 Å². The quantitative estimate of drug-likeness (QED) is 0.562. The summed E-state index contributed by atoms with van der Waals surface area (Å²) >= 11 is 7.79. The highest BCUT2D eigenvalue weighted by molar-refractivity contribution is 7.13. The predicted octanol–water partition coefficient (Wildman–Crippen LogP) is 1.75. The van der Waals surface area contributed by atoms with Crippen LogP contribution in [0.5, 0.6) is 5.75 Å². The lowest BCUT2D eigenvalue weighted by molar-refractivity contribution is -0.137. The molecule has 0 radical (unpaired) electrons. The summed E-state index contributed by atoms with van der Waals surface area (Å²) < 4.78 is 5.83. The maximum Gasteiger partial charge on any atom is 0.322 e. The highest BCUT2D eigenvalue weighted by Crippen LogP contribution is 2.33. The molecule has 2 amide bonds. The molecule has 1 aliphatic heterocycles. The van der Waals surface area contributed by atoms with E-state index in [1.807, 2.05) is 17.0 Å². The van der Waals surface area contributed by atoms with E-state index >= 15 is 0 Å². The molecule has 0 saturated carbocycles. The normalized spacial score (nSPS) is 14.2. The number of carboxylic acids is 1. The van der Waals surface area contributed by atoms with Crippen molar-refractivity contribution < 1.29 is 24.2 Å². The molecule has 1 aromatic heterocycles. The van der Waals surface area contributed by atoms with Crippen molar-refractivity contribution in [2.75, 3.05) is 45.9 Å². The molecule has 32 heavy (non-hydrogen) atoms. The monoisotopic (exact) mass is 480 g/mol. The highest BCUT2D eigenvalue weighted by atomic mass is 35.5. The summed E-state index contributed by atoms with van der Waals surface area (Å²) in [5, 5.41) is 13.8. The Bertz CT molecular complexity index is 975. The summed E-state index contributed by atoms with van der Waals surface area (Å²) in [4.78, 5) is 42.2. The van der Waals surface area contributed by atoms with Crippen molar-refractivity contribution in [1.29, 1.82) is 0 Å². The van der Waals surface area contributed by atoms with Crippen LogP contribution in [0.1, 0.15) is 12.6 Å². The molecule has 172 valence electrons. The Morgan fingerprint density at radius 3 is 2.66 bits per heavy atom. The molecule has 0 unspecified atom stereocenters. The van der Waals surface area contributed by atoms with Crippen LogP contribution in [0, 0.1) is 0 Å². The fourth-order valence-electron chi connectivity index (χ4n) is 3.25. The first-order valence-electron chi connectivity index (χ1n) is 10.2. The standard InChI is InChI=1S/C21H25ClN4O5S/c1-14(27)26-6-4-25(5-7-26)8-9-31-16-2-3-17(18(22)11-16)21-24-15(13-32-21)10-19(28)23-12-20(29)30/h2-3,11,13H,4-10,12H2,1H3,(H,23,28)(H,29,30). The average Bonchev–Trinajstić information content (AvgIpc) is 3.20. The third kappa shape index (κ3) is 6.91. The van der Waals surface area contributed by atoms with Crippen molar-refractivity contribution in [3.8, 4) is 16.3 Å². The minimum Gasteiger partial charge on any atom is -0.492 e. The molecule has 1 aromatic carbocycles. The Balaban J connectivity index is 1.49. The van der Waals surface area contributed by atoms with Gasteiger partial charge in [-0.05, 0) is 18.2 Å². The minimum absolute atomic E-state index is 0.00324. The fraction of sp³-hybridized carbons (Fsp3) is 0.429. The van der Waals surface area contributed by atoms with Crippen molar-refractivity contribution >= 4 is 40.7 Å². The van der Waals surface area contributed by atoms with Crippen molar-refractivity contribution in [3.05, 3.63) is 34.3 Å². The van der Waals surface area contributed by atoms with Gasteiger partial charge in [-0.3, -0.25) is 19.3 Å². The van der Waals surface area contributed by atoms with E-state index < -0.39 is 18.4 Å². The van der Waals surface area contributed by atoms with E-state index in [2.05, 4.69) is 15.2 Å². The summed E-state index contributed by atoms with van der Waals surface area (Å²) in [5.41, 5.74) is 1.29. The number of rotatable bonds is 9. The van der Waals surface area contributed by atoms with E-state index in [1.54, 1.807) is 18.4 Å². The third-order valence-electron chi connectivity index (χ3n) is 5.00. The number of halogens is 1. The van der Waals surface area contributed by atoms with Crippen LogP contribution in [0.2, 0.25) is 5.02 Å². The second kappa shape index (κ2) is 11.3. The lowest BCUT2D eigenvalue weighted by atomic mass is 10.2. The number of carbonyl (C=O) groups is 3. The molecule has 0 bridgehead atoms. The first-order valence-corrected chi connectivity index (χ1v) is 11.4. The number of carboxylic acid groups (broad SMARTS) is 1. The van der Waals surface area contributed by atoms with E-state index in [9.17, 15) is 14.4 Å². The Kier molecular flexibility index (Phi) is 8.43. The molecular weight excluding hydrogens is 456 g/mol. The number of hydrogen-bond acceptors (Lipinski definition) is 7. The zero-order valence-electron chi connectivity index (χ0n) is 17.7. The molecule has 0 atom stereocenters. The molecule has 1 saturated heterocycles. The molecule has 2 N–H and O–H groups in total. The van der Waals surface area contributed by atoms with Crippen LogP contribution >= 0.6 is 22.9 Å². The summed E-state index contributed by atoms with van der Waals surface area (Å²) in [6.07, 6.45) is 0.00324. The van der Waals surface area contributed by atoms with Crippen LogP contribution in [-0.4, -0.2) is 83.5 Å². The molecule has 1 fully saturated rings. The number of benzene rings is 1. The van der Waals surface area contributed by atoms with Gasteiger partial charge in [-0.25, -0.2) is 4.98 Å². The zero-order valence-corrected chi connectivity index (χ0v) is 19.2. The van der Waals surface area contributed by atoms with Gasteiger partial charge in [0.1, 0.15) is 23.9 Å². The van der Waals surface area contributed by atoms with E-state index in [0.717, 1.165) is 38.3 Å².